The number of halogens is 1. The van der Waals surface area contributed by atoms with Crippen LogP contribution < -0.4 is 14.9 Å². The first kappa shape index (κ1) is 24.1. The molecule has 1 aliphatic heterocycles. The van der Waals surface area contributed by atoms with E-state index < -0.39 is 6.04 Å². The van der Waals surface area contributed by atoms with Crippen molar-refractivity contribution in [1.82, 2.24) is 4.90 Å². The minimum atomic E-state index is -0.626. The second-order valence-corrected chi connectivity index (χ2v) is 8.49. The molecule has 0 spiro atoms. The van der Waals surface area contributed by atoms with Crippen LogP contribution in [0.4, 0.5) is 0 Å². The van der Waals surface area contributed by atoms with Gasteiger partial charge in [-0.2, -0.15) is 0 Å². The Kier molecular flexibility index (Phi) is 7.44. The van der Waals surface area contributed by atoms with Crippen LogP contribution in [-0.2, 0) is 4.74 Å². The maximum atomic E-state index is 13.6. The van der Waals surface area contributed by atoms with Crippen LogP contribution in [0.15, 0.2) is 45.6 Å². The molecule has 4 rings (SSSR count). The monoisotopic (exact) mass is 485 g/mol. The van der Waals surface area contributed by atoms with Crippen molar-refractivity contribution in [3.8, 4) is 11.5 Å². The molecule has 2 heterocycles. The highest BCUT2D eigenvalue weighted by Crippen LogP contribution is 2.41. The molecule has 1 aliphatic rings. The number of nitrogens with zero attached hydrogens (tertiary/aromatic N) is 1. The van der Waals surface area contributed by atoms with E-state index in [2.05, 4.69) is 0 Å². The van der Waals surface area contributed by atoms with Gasteiger partial charge in [0.15, 0.2) is 16.9 Å². The number of fused-ring (bicyclic) bond motifs is 2. The Labute approximate surface area is 203 Å². The number of hydrogen-bond donors (Lipinski definition) is 0. The summed E-state index contributed by atoms with van der Waals surface area (Å²) in [6.07, 6.45) is 1.48. The summed E-state index contributed by atoms with van der Waals surface area (Å²) in [4.78, 5) is 28.7. The average Bonchev–Trinajstić information content (AvgIpc) is 3.11. The number of carbonyl (C=O) groups is 1. The topological polar surface area (TPSA) is 78.2 Å². The Morgan fingerprint density at radius 3 is 2.59 bits per heavy atom. The van der Waals surface area contributed by atoms with Gasteiger partial charge in [0.25, 0.3) is 5.91 Å². The average molecular weight is 486 g/mol. The smallest absolute Gasteiger partial charge is 0.290 e. The molecule has 3 aromatic rings. The number of rotatable bonds is 10. The van der Waals surface area contributed by atoms with E-state index in [4.69, 9.17) is 30.2 Å². The maximum absolute atomic E-state index is 13.6. The highest BCUT2D eigenvalue weighted by Gasteiger charge is 2.42. The summed E-state index contributed by atoms with van der Waals surface area (Å²) in [6, 6.07) is 9.73. The van der Waals surface area contributed by atoms with Crippen LogP contribution in [0.3, 0.4) is 0 Å². The van der Waals surface area contributed by atoms with Gasteiger partial charge in [-0.05, 0) is 55.7 Å². The lowest BCUT2D eigenvalue weighted by molar-refractivity contribution is 0.0707. The second-order valence-electron chi connectivity index (χ2n) is 8.05. The molecule has 180 valence electrons. The summed E-state index contributed by atoms with van der Waals surface area (Å²) in [5.74, 6) is 0.931. The quantitative estimate of drug-likeness (QED) is 0.366. The summed E-state index contributed by atoms with van der Waals surface area (Å²) in [5.41, 5.74) is 1.11. The highest BCUT2D eigenvalue weighted by atomic mass is 35.5. The Morgan fingerprint density at radius 1 is 1.03 bits per heavy atom. The fourth-order valence-corrected chi connectivity index (χ4v) is 4.42. The minimum Gasteiger partial charge on any atom is -0.490 e. The number of benzene rings is 2. The summed E-state index contributed by atoms with van der Waals surface area (Å²) in [7, 11) is 1.61. The van der Waals surface area contributed by atoms with Gasteiger partial charge in [-0.1, -0.05) is 24.6 Å². The largest absolute Gasteiger partial charge is 0.490 e. The van der Waals surface area contributed by atoms with Crippen molar-refractivity contribution in [3.63, 3.8) is 0 Å². The van der Waals surface area contributed by atoms with Crippen LogP contribution in [-0.4, -0.2) is 44.3 Å². The van der Waals surface area contributed by atoms with Crippen LogP contribution in [0, 0.1) is 0 Å². The minimum absolute atomic E-state index is 0.0616. The van der Waals surface area contributed by atoms with Crippen molar-refractivity contribution in [2.24, 2.45) is 0 Å². The Hall–Kier alpha value is -3.03. The number of carbonyl (C=O) groups excluding carboxylic acids is 1. The SMILES string of the molecule is CCCOc1ccc(C2c3c(oc4ccc(Cl)cc4c3=O)C(=O)N2CCCOC)cc1OCC. The van der Waals surface area contributed by atoms with Crippen molar-refractivity contribution in [3.05, 3.63) is 68.5 Å². The molecule has 0 saturated carbocycles. The molecular weight excluding hydrogens is 458 g/mol. The summed E-state index contributed by atoms with van der Waals surface area (Å²) in [6.45, 7) is 5.82. The van der Waals surface area contributed by atoms with Crippen molar-refractivity contribution < 1.29 is 23.4 Å². The Balaban J connectivity index is 1.87. The molecule has 0 fully saturated rings. The predicted molar refractivity (Wildman–Crippen MR) is 130 cm³/mol. The highest BCUT2D eigenvalue weighted by molar-refractivity contribution is 6.31. The van der Waals surface area contributed by atoms with Crippen molar-refractivity contribution in [2.75, 3.05) is 33.5 Å². The van der Waals surface area contributed by atoms with Crippen LogP contribution in [0.1, 0.15) is 54.4 Å². The van der Waals surface area contributed by atoms with Gasteiger partial charge in [0.05, 0.1) is 30.2 Å². The van der Waals surface area contributed by atoms with E-state index >= 15 is 0 Å². The van der Waals surface area contributed by atoms with Gasteiger partial charge in [0.1, 0.15) is 5.58 Å². The normalized spacial score (nSPS) is 15.1. The van der Waals surface area contributed by atoms with Gasteiger partial charge in [-0.25, -0.2) is 0 Å². The molecule has 0 radical (unpaired) electrons. The van der Waals surface area contributed by atoms with E-state index in [9.17, 15) is 9.59 Å². The zero-order valence-corrected chi connectivity index (χ0v) is 20.3. The molecule has 1 atom stereocenters. The summed E-state index contributed by atoms with van der Waals surface area (Å²) >= 11 is 6.15. The van der Waals surface area contributed by atoms with Crippen LogP contribution >= 0.6 is 11.6 Å². The number of ether oxygens (including phenoxy) is 3. The number of amides is 1. The molecule has 0 aliphatic carbocycles. The molecule has 0 bridgehead atoms. The second kappa shape index (κ2) is 10.5. The predicted octanol–water partition coefficient (Wildman–Crippen LogP) is 5.22. The standard InChI is InChI=1S/C26H28ClNO6/c1-4-12-33-20-9-7-16(14-21(20)32-5-2)23-22-24(29)18-15-17(27)8-10-19(18)34-25(22)26(30)28(23)11-6-13-31-3/h7-10,14-15,23H,4-6,11-13H2,1-3H3. The Morgan fingerprint density at radius 2 is 1.85 bits per heavy atom. The van der Waals surface area contributed by atoms with E-state index in [1.165, 1.54) is 0 Å². The molecule has 7 nitrogen and oxygen atoms in total. The number of hydrogen-bond acceptors (Lipinski definition) is 6. The van der Waals surface area contributed by atoms with Crippen molar-refractivity contribution >= 4 is 28.5 Å². The first-order valence-corrected chi connectivity index (χ1v) is 11.8. The maximum Gasteiger partial charge on any atom is 0.290 e. The van der Waals surface area contributed by atoms with Crippen LogP contribution in [0.5, 0.6) is 11.5 Å². The van der Waals surface area contributed by atoms with Gasteiger partial charge in [-0.15, -0.1) is 0 Å². The van der Waals surface area contributed by atoms with Gasteiger partial charge in [-0.3, -0.25) is 9.59 Å². The van der Waals surface area contributed by atoms with E-state index in [-0.39, 0.29) is 17.1 Å². The van der Waals surface area contributed by atoms with E-state index in [1.807, 2.05) is 32.0 Å². The van der Waals surface area contributed by atoms with Gasteiger partial charge in [0, 0.05) is 25.3 Å². The third-order valence-electron chi connectivity index (χ3n) is 5.72. The van der Waals surface area contributed by atoms with Gasteiger partial charge < -0.3 is 23.5 Å². The lowest BCUT2D eigenvalue weighted by Gasteiger charge is -2.26. The lowest BCUT2D eigenvalue weighted by Crippen LogP contribution is -2.31. The zero-order chi connectivity index (χ0) is 24.2. The molecule has 0 saturated heterocycles. The summed E-state index contributed by atoms with van der Waals surface area (Å²) < 4.78 is 22.8. The van der Waals surface area contributed by atoms with E-state index in [0.29, 0.717) is 65.8 Å². The molecule has 8 heteroatoms. The summed E-state index contributed by atoms with van der Waals surface area (Å²) in [5, 5.41) is 0.768. The Bertz CT molecular complexity index is 1250. The van der Waals surface area contributed by atoms with E-state index in [1.54, 1.807) is 30.2 Å². The third kappa shape index (κ3) is 4.50. The molecule has 1 amide bonds. The lowest BCUT2D eigenvalue weighted by atomic mass is 9.98. The van der Waals surface area contributed by atoms with Crippen LogP contribution in [0.2, 0.25) is 5.02 Å². The molecule has 1 unspecified atom stereocenters. The molecule has 1 aromatic heterocycles. The van der Waals surface area contributed by atoms with Crippen LogP contribution in [0.25, 0.3) is 11.0 Å². The van der Waals surface area contributed by atoms with Crippen molar-refractivity contribution in [1.29, 1.82) is 0 Å². The first-order valence-electron chi connectivity index (χ1n) is 11.5. The molecule has 2 aromatic carbocycles. The molecule has 34 heavy (non-hydrogen) atoms. The third-order valence-corrected chi connectivity index (χ3v) is 5.96. The number of methoxy groups -OCH3 is 1. The van der Waals surface area contributed by atoms with Gasteiger partial charge >= 0.3 is 0 Å². The fraction of sp³-hybridized carbons (Fsp3) is 0.385. The van der Waals surface area contributed by atoms with Crippen molar-refractivity contribution in [2.45, 2.75) is 32.7 Å². The molecule has 0 N–H and O–H groups in total. The molecular formula is C26H28ClNO6. The van der Waals surface area contributed by atoms with E-state index in [0.717, 1.165) is 12.0 Å². The fourth-order valence-electron chi connectivity index (χ4n) is 4.24. The first-order chi connectivity index (χ1) is 16.5. The van der Waals surface area contributed by atoms with Gasteiger partial charge in [0.2, 0.25) is 5.76 Å². The zero-order valence-electron chi connectivity index (χ0n) is 19.6.